The van der Waals surface area contributed by atoms with E-state index in [0.29, 0.717) is 11.1 Å². The maximum Gasteiger partial charge on any atom is 0.157 e. The third kappa shape index (κ3) is 4.07. The summed E-state index contributed by atoms with van der Waals surface area (Å²) in [7, 11) is 0. The molecule has 0 saturated carbocycles. The van der Waals surface area contributed by atoms with Crippen LogP contribution in [0.1, 0.15) is 23.7 Å². The summed E-state index contributed by atoms with van der Waals surface area (Å²) < 4.78 is 31.1. The summed E-state index contributed by atoms with van der Waals surface area (Å²) in [6.07, 6.45) is -0.727. The summed E-state index contributed by atoms with van der Waals surface area (Å²) in [5.41, 5.74) is 1.34. The Morgan fingerprint density at radius 1 is 1.33 bits per heavy atom. The Labute approximate surface area is 90.2 Å². The lowest BCUT2D eigenvalue weighted by Crippen LogP contribution is -1.99. The Morgan fingerprint density at radius 3 is 2.40 bits per heavy atom. The van der Waals surface area contributed by atoms with Crippen molar-refractivity contribution in [1.82, 2.24) is 0 Å². The Kier molecular flexibility index (Phi) is 4.87. The van der Waals surface area contributed by atoms with Crippen LogP contribution in [0.3, 0.4) is 0 Å². The molecule has 0 spiro atoms. The maximum absolute atomic E-state index is 11.9. The van der Waals surface area contributed by atoms with Gasteiger partial charge in [0.2, 0.25) is 0 Å². The Balaban J connectivity index is 2.67. The first-order valence-corrected chi connectivity index (χ1v) is 5.81. The van der Waals surface area contributed by atoms with Gasteiger partial charge >= 0.3 is 0 Å². The van der Waals surface area contributed by atoms with Gasteiger partial charge in [-0.15, -0.1) is 0 Å². The van der Waals surface area contributed by atoms with Crippen molar-refractivity contribution in [1.29, 1.82) is 0 Å². The highest BCUT2D eigenvalue weighted by Crippen LogP contribution is 2.17. The van der Waals surface area contributed by atoms with Gasteiger partial charge in [-0.1, -0.05) is 24.3 Å². The highest BCUT2D eigenvalue weighted by Gasteiger charge is 2.07. The summed E-state index contributed by atoms with van der Waals surface area (Å²) >= 11 is -1.86. The number of aliphatic hydroxyl groups is 1. The second-order valence-electron chi connectivity index (χ2n) is 3.20. The fourth-order valence-electron chi connectivity index (χ4n) is 1.25. The monoisotopic (exact) mass is 232 g/mol. The number of aliphatic hydroxyl groups excluding tert-OH is 1. The van der Waals surface area contributed by atoms with E-state index >= 15 is 0 Å². The second kappa shape index (κ2) is 5.95. The van der Waals surface area contributed by atoms with Gasteiger partial charge < -0.3 is 9.66 Å². The molecule has 5 heteroatoms. The zero-order chi connectivity index (χ0) is 11.3. The van der Waals surface area contributed by atoms with Gasteiger partial charge in [0, 0.05) is 6.42 Å². The lowest BCUT2D eigenvalue weighted by Gasteiger charge is -2.08. The number of hydrogen-bond acceptors (Lipinski definition) is 2. The van der Waals surface area contributed by atoms with Crippen molar-refractivity contribution < 1.29 is 18.3 Å². The van der Waals surface area contributed by atoms with Crippen LogP contribution in [-0.2, 0) is 16.8 Å². The molecule has 15 heavy (non-hydrogen) atoms. The molecule has 0 aliphatic rings. The van der Waals surface area contributed by atoms with Crippen LogP contribution in [0.5, 0.6) is 0 Å². The van der Waals surface area contributed by atoms with Crippen molar-refractivity contribution in [3.63, 3.8) is 0 Å². The first-order chi connectivity index (χ1) is 7.13. The zero-order valence-corrected chi connectivity index (χ0v) is 8.91. The molecule has 1 rings (SSSR count). The van der Waals surface area contributed by atoms with Gasteiger partial charge in [-0.05, 0) is 11.1 Å². The average molecular weight is 232 g/mol. The van der Waals surface area contributed by atoms with Gasteiger partial charge in [0.15, 0.2) is 11.1 Å². The number of hydrogen-bond donors (Lipinski definition) is 2. The SMILES string of the molecule is O=S(O)Cc1ccc([C@@H](O)CCF)cc1. The van der Waals surface area contributed by atoms with Crippen LogP contribution in [0.4, 0.5) is 4.39 Å². The van der Waals surface area contributed by atoms with Gasteiger partial charge in [0.05, 0.1) is 18.5 Å². The van der Waals surface area contributed by atoms with E-state index in [1.165, 1.54) is 0 Å². The van der Waals surface area contributed by atoms with Crippen LogP contribution in [0, 0.1) is 0 Å². The molecule has 1 aromatic carbocycles. The number of alkyl halides is 1. The zero-order valence-electron chi connectivity index (χ0n) is 8.10. The van der Waals surface area contributed by atoms with Crippen molar-refractivity contribution in [2.24, 2.45) is 0 Å². The third-order valence-corrected chi connectivity index (χ3v) is 2.62. The Bertz CT molecular complexity index is 326. The first-order valence-electron chi connectivity index (χ1n) is 4.54. The van der Waals surface area contributed by atoms with Crippen LogP contribution in [0.2, 0.25) is 0 Å². The van der Waals surface area contributed by atoms with E-state index in [9.17, 15) is 13.7 Å². The minimum atomic E-state index is -1.86. The van der Waals surface area contributed by atoms with E-state index in [4.69, 9.17) is 4.55 Å². The number of benzene rings is 1. The van der Waals surface area contributed by atoms with Crippen molar-refractivity contribution in [2.45, 2.75) is 18.3 Å². The third-order valence-electron chi connectivity index (χ3n) is 2.04. The molecule has 0 fully saturated rings. The number of rotatable bonds is 5. The lowest BCUT2D eigenvalue weighted by atomic mass is 10.1. The largest absolute Gasteiger partial charge is 0.388 e. The summed E-state index contributed by atoms with van der Waals surface area (Å²) in [6.45, 7) is -0.566. The number of halogens is 1. The maximum atomic E-state index is 11.9. The van der Waals surface area contributed by atoms with Gasteiger partial charge in [0.25, 0.3) is 0 Å². The van der Waals surface area contributed by atoms with Gasteiger partial charge in [-0.25, -0.2) is 4.21 Å². The minimum absolute atomic E-state index is 0.0689. The van der Waals surface area contributed by atoms with Crippen molar-refractivity contribution in [2.75, 3.05) is 6.67 Å². The lowest BCUT2D eigenvalue weighted by molar-refractivity contribution is 0.156. The molecule has 0 heterocycles. The molecule has 0 saturated heterocycles. The highest BCUT2D eigenvalue weighted by atomic mass is 32.2. The highest BCUT2D eigenvalue weighted by molar-refractivity contribution is 7.78. The smallest absolute Gasteiger partial charge is 0.157 e. The normalized spacial score (nSPS) is 14.9. The summed E-state index contributed by atoms with van der Waals surface area (Å²) in [4.78, 5) is 0. The quantitative estimate of drug-likeness (QED) is 0.761. The molecule has 0 aliphatic heterocycles. The molecular formula is C10H13FO3S. The van der Waals surface area contributed by atoms with Crippen LogP contribution in [-0.4, -0.2) is 20.5 Å². The van der Waals surface area contributed by atoms with Crippen LogP contribution < -0.4 is 0 Å². The molecule has 1 unspecified atom stereocenters. The molecule has 3 nitrogen and oxygen atoms in total. The van der Waals surface area contributed by atoms with Crippen LogP contribution >= 0.6 is 0 Å². The molecule has 0 aromatic heterocycles. The second-order valence-corrected chi connectivity index (χ2v) is 4.13. The van der Waals surface area contributed by atoms with E-state index in [1.807, 2.05) is 0 Å². The van der Waals surface area contributed by atoms with Crippen LogP contribution in [0.25, 0.3) is 0 Å². The molecule has 84 valence electrons. The predicted molar refractivity (Wildman–Crippen MR) is 56.5 cm³/mol. The van der Waals surface area contributed by atoms with Gasteiger partial charge in [-0.2, -0.15) is 0 Å². The summed E-state index contributed by atoms with van der Waals surface area (Å²) in [5.74, 6) is 0.0689. The fraction of sp³-hybridized carbons (Fsp3) is 0.400. The van der Waals surface area contributed by atoms with Crippen molar-refractivity contribution >= 4 is 11.1 Å². The van der Waals surface area contributed by atoms with E-state index in [0.717, 1.165) is 0 Å². The molecule has 2 N–H and O–H groups in total. The molecule has 0 aliphatic carbocycles. The topological polar surface area (TPSA) is 57.5 Å². The fourth-order valence-corrected chi connectivity index (χ4v) is 1.73. The van der Waals surface area contributed by atoms with E-state index < -0.39 is 23.9 Å². The minimum Gasteiger partial charge on any atom is -0.388 e. The standard InChI is InChI=1S/C10H13FO3S/c11-6-5-10(12)9-3-1-8(2-4-9)7-15(13)14/h1-4,10,12H,5-7H2,(H,13,14)/t10-/m0/s1. The molecule has 0 radical (unpaired) electrons. The summed E-state index contributed by atoms with van der Waals surface area (Å²) in [5, 5.41) is 9.44. The summed E-state index contributed by atoms with van der Waals surface area (Å²) in [6, 6.07) is 6.60. The average Bonchev–Trinajstić information content (AvgIpc) is 2.18. The van der Waals surface area contributed by atoms with Crippen molar-refractivity contribution in [3.05, 3.63) is 35.4 Å². The van der Waals surface area contributed by atoms with Gasteiger partial charge in [0.1, 0.15) is 0 Å². The molecule has 0 amide bonds. The van der Waals surface area contributed by atoms with Gasteiger partial charge in [-0.3, -0.25) is 4.39 Å². The Morgan fingerprint density at radius 2 is 1.93 bits per heavy atom. The molecular weight excluding hydrogens is 219 g/mol. The molecule has 2 atom stereocenters. The van der Waals surface area contributed by atoms with Crippen molar-refractivity contribution in [3.8, 4) is 0 Å². The van der Waals surface area contributed by atoms with E-state index in [1.54, 1.807) is 24.3 Å². The van der Waals surface area contributed by atoms with E-state index in [-0.39, 0.29) is 12.2 Å². The molecule has 0 bridgehead atoms. The van der Waals surface area contributed by atoms with E-state index in [2.05, 4.69) is 0 Å². The Hall–Kier alpha value is -0.780. The predicted octanol–water partition coefficient (Wildman–Crippen LogP) is 1.80. The first kappa shape index (κ1) is 12.3. The van der Waals surface area contributed by atoms with Crippen LogP contribution in [0.15, 0.2) is 24.3 Å². The molecule has 1 aromatic rings.